The number of likely N-dealkylation sites (tertiary alicyclic amines) is 1. The lowest BCUT2D eigenvalue weighted by molar-refractivity contribution is 0.308. The van der Waals surface area contributed by atoms with E-state index in [0.717, 1.165) is 25.2 Å². The van der Waals surface area contributed by atoms with Gasteiger partial charge < -0.3 is 10.5 Å². The topological polar surface area (TPSA) is 62.3 Å². The molecule has 1 heterocycles. The zero-order valence-electron chi connectivity index (χ0n) is 11.6. The third-order valence-corrected chi connectivity index (χ3v) is 3.84. The van der Waals surface area contributed by atoms with Crippen molar-refractivity contribution in [2.24, 2.45) is 11.7 Å². The second-order valence-electron chi connectivity index (χ2n) is 5.29. The molecule has 0 saturated carbocycles. The van der Waals surface area contributed by atoms with Crippen LogP contribution in [0.5, 0.6) is 5.75 Å². The van der Waals surface area contributed by atoms with Crippen molar-refractivity contribution in [2.75, 3.05) is 20.2 Å². The van der Waals surface area contributed by atoms with Crippen LogP contribution in [0.1, 0.15) is 24.5 Å². The Hall–Kier alpha value is -1.57. The van der Waals surface area contributed by atoms with E-state index in [-0.39, 0.29) is 6.04 Å². The summed E-state index contributed by atoms with van der Waals surface area (Å²) in [5, 5.41) is 9.09. The average Bonchev–Trinajstić information content (AvgIpc) is 2.87. The summed E-state index contributed by atoms with van der Waals surface area (Å²) in [6.45, 7) is 5.09. The van der Waals surface area contributed by atoms with Crippen LogP contribution in [0.15, 0.2) is 18.2 Å². The number of ether oxygens (including phenoxy) is 1. The number of benzene rings is 1. The molecule has 1 aliphatic rings. The van der Waals surface area contributed by atoms with Crippen molar-refractivity contribution in [3.8, 4) is 11.8 Å². The zero-order valence-corrected chi connectivity index (χ0v) is 11.6. The molecule has 0 aromatic heterocycles. The number of hydrogen-bond acceptors (Lipinski definition) is 4. The Bertz CT molecular complexity index is 479. The van der Waals surface area contributed by atoms with Crippen LogP contribution in [0, 0.1) is 17.2 Å². The molecule has 1 aromatic rings. The van der Waals surface area contributed by atoms with Crippen molar-refractivity contribution in [1.82, 2.24) is 4.90 Å². The van der Waals surface area contributed by atoms with E-state index >= 15 is 0 Å². The van der Waals surface area contributed by atoms with Gasteiger partial charge in [0.1, 0.15) is 11.8 Å². The summed E-state index contributed by atoms with van der Waals surface area (Å²) in [4.78, 5) is 2.40. The summed E-state index contributed by atoms with van der Waals surface area (Å²) in [6.07, 6.45) is 1.17. The van der Waals surface area contributed by atoms with E-state index in [2.05, 4.69) is 17.9 Å². The van der Waals surface area contributed by atoms with Gasteiger partial charge in [0.15, 0.2) is 0 Å². The van der Waals surface area contributed by atoms with Crippen LogP contribution < -0.4 is 10.5 Å². The standard InChI is InChI=1S/C15H21N3O/c1-11(17)13-5-6-18(10-13)9-12-3-4-15(19-2)14(7-12)8-16/h3-4,7,11,13H,5-6,9-10,17H2,1-2H3. The quantitative estimate of drug-likeness (QED) is 0.894. The van der Waals surface area contributed by atoms with Gasteiger partial charge in [-0.1, -0.05) is 6.07 Å². The number of hydrogen-bond donors (Lipinski definition) is 1. The van der Waals surface area contributed by atoms with E-state index in [0.29, 0.717) is 17.2 Å². The Labute approximate surface area is 114 Å². The minimum Gasteiger partial charge on any atom is -0.495 e. The molecule has 1 aromatic carbocycles. The Morgan fingerprint density at radius 3 is 2.95 bits per heavy atom. The van der Waals surface area contributed by atoms with Gasteiger partial charge in [0.2, 0.25) is 0 Å². The zero-order chi connectivity index (χ0) is 13.8. The fraction of sp³-hybridized carbons (Fsp3) is 0.533. The van der Waals surface area contributed by atoms with Crippen LogP contribution in [-0.4, -0.2) is 31.1 Å². The molecule has 4 nitrogen and oxygen atoms in total. The Morgan fingerprint density at radius 1 is 1.58 bits per heavy atom. The van der Waals surface area contributed by atoms with Crippen LogP contribution >= 0.6 is 0 Å². The number of rotatable bonds is 4. The van der Waals surface area contributed by atoms with Crippen molar-refractivity contribution in [1.29, 1.82) is 5.26 Å². The van der Waals surface area contributed by atoms with E-state index in [9.17, 15) is 0 Å². The summed E-state index contributed by atoms with van der Waals surface area (Å²) in [6, 6.07) is 8.24. The predicted molar refractivity (Wildman–Crippen MR) is 74.7 cm³/mol. The fourth-order valence-corrected chi connectivity index (χ4v) is 2.63. The fourth-order valence-electron chi connectivity index (χ4n) is 2.63. The van der Waals surface area contributed by atoms with Gasteiger partial charge >= 0.3 is 0 Å². The van der Waals surface area contributed by atoms with Crippen molar-refractivity contribution >= 4 is 0 Å². The highest BCUT2D eigenvalue weighted by Crippen LogP contribution is 2.23. The molecule has 2 atom stereocenters. The Morgan fingerprint density at radius 2 is 2.37 bits per heavy atom. The third kappa shape index (κ3) is 3.25. The first kappa shape index (κ1) is 13.9. The first-order valence-electron chi connectivity index (χ1n) is 6.69. The smallest absolute Gasteiger partial charge is 0.136 e. The minimum atomic E-state index is 0.260. The van der Waals surface area contributed by atoms with E-state index in [4.69, 9.17) is 15.7 Å². The lowest BCUT2D eigenvalue weighted by atomic mass is 10.0. The van der Waals surface area contributed by atoms with Crippen molar-refractivity contribution in [3.05, 3.63) is 29.3 Å². The molecule has 19 heavy (non-hydrogen) atoms. The van der Waals surface area contributed by atoms with Crippen molar-refractivity contribution < 1.29 is 4.74 Å². The highest BCUT2D eigenvalue weighted by molar-refractivity contribution is 5.45. The SMILES string of the molecule is COc1ccc(CN2CCC(C(C)N)C2)cc1C#N. The monoisotopic (exact) mass is 259 g/mol. The van der Waals surface area contributed by atoms with Crippen LogP contribution in [0.4, 0.5) is 0 Å². The van der Waals surface area contributed by atoms with Gasteiger partial charge in [0.25, 0.3) is 0 Å². The van der Waals surface area contributed by atoms with Gasteiger partial charge in [0, 0.05) is 19.1 Å². The maximum atomic E-state index is 9.09. The van der Waals surface area contributed by atoms with Gasteiger partial charge in [-0.2, -0.15) is 5.26 Å². The lowest BCUT2D eigenvalue weighted by Gasteiger charge is -2.18. The van der Waals surface area contributed by atoms with Gasteiger partial charge in [-0.05, 0) is 43.5 Å². The molecule has 0 spiro atoms. The molecule has 1 saturated heterocycles. The Balaban J connectivity index is 2.03. The first-order chi connectivity index (χ1) is 9.13. The molecule has 1 fully saturated rings. The van der Waals surface area contributed by atoms with E-state index in [1.165, 1.54) is 6.42 Å². The number of nitrogens with zero attached hydrogens (tertiary/aromatic N) is 2. The van der Waals surface area contributed by atoms with Crippen LogP contribution in [0.2, 0.25) is 0 Å². The number of nitrogens with two attached hydrogens (primary N) is 1. The first-order valence-corrected chi connectivity index (χ1v) is 6.69. The predicted octanol–water partition coefficient (Wildman–Crippen LogP) is 1.74. The molecule has 0 bridgehead atoms. The number of methoxy groups -OCH3 is 1. The highest BCUT2D eigenvalue weighted by Gasteiger charge is 2.25. The molecule has 2 unspecified atom stereocenters. The molecule has 0 radical (unpaired) electrons. The van der Waals surface area contributed by atoms with Crippen LogP contribution in [0.25, 0.3) is 0 Å². The van der Waals surface area contributed by atoms with Crippen LogP contribution in [-0.2, 0) is 6.54 Å². The van der Waals surface area contributed by atoms with Crippen molar-refractivity contribution in [3.63, 3.8) is 0 Å². The summed E-state index contributed by atoms with van der Waals surface area (Å²) in [5.74, 6) is 1.23. The van der Waals surface area contributed by atoms with E-state index in [1.807, 2.05) is 18.2 Å². The minimum absolute atomic E-state index is 0.260. The molecule has 4 heteroatoms. The summed E-state index contributed by atoms with van der Waals surface area (Å²) in [7, 11) is 1.59. The lowest BCUT2D eigenvalue weighted by Crippen LogP contribution is -2.29. The third-order valence-electron chi connectivity index (χ3n) is 3.84. The second-order valence-corrected chi connectivity index (χ2v) is 5.29. The van der Waals surface area contributed by atoms with E-state index in [1.54, 1.807) is 7.11 Å². The van der Waals surface area contributed by atoms with Gasteiger partial charge in [-0.15, -0.1) is 0 Å². The Kier molecular flexibility index (Phi) is 4.41. The molecule has 1 aliphatic heterocycles. The maximum absolute atomic E-state index is 9.09. The second kappa shape index (κ2) is 6.05. The molecule has 0 amide bonds. The molecule has 2 rings (SSSR count). The van der Waals surface area contributed by atoms with Crippen LogP contribution in [0.3, 0.4) is 0 Å². The summed E-state index contributed by atoms with van der Waals surface area (Å²) >= 11 is 0. The summed E-state index contributed by atoms with van der Waals surface area (Å²) < 4.78 is 5.16. The molecule has 102 valence electrons. The average molecular weight is 259 g/mol. The highest BCUT2D eigenvalue weighted by atomic mass is 16.5. The molecular formula is C15H21N3O. The van der Waals surface area contributed by atoms with E-state index < -0.39 is 0 Å². The number of nitriles is 1. The molecule has 2 N–H and O–H groups in total. The van der Waals surface area contributed by atoms with Gasteiger partial charge in [-0.3, -0.25) is 4.90 Å². The molecular weight excluding hydrogens is 238 g/mol. The van der Waals surface area contributed by atoms with Crippen molar-refractivity contribution in [2.45, 2.75) is 25.9 Å². The molecule has 0 aliphatic carbocycles. The largest absolute Gasteiger partial charge is 0.495 e. The summed E-state index contributed by atoms with van der Waals surface area (Å²) in [5.41, 5.74) is 7.71. The van der Waals surface area contributed by atoms with Gasteiger partial charge in [0.05, 0.1) is 12.7 Å². The maximum Gasteiger partial charge on any atom is 0.136 e. The normalized spacial score (nSPS) is 21.1. The van der Waals surface area contributed by atoms with Gasteiger partial charge in [-0.25, -0.2) is 0 Å².